The highest BCUT2D eigenvalue weighted by Crippen LogP contribution is 2.38. The Kier molecular flexibility index (Phi) is 7.44. The van der Waals surface area contributed by atoms with Gasteiger partial charge in [-0.25, -0.2) is 4.90 Å². The van der Waals surface area contributed by atoms with Crippen molar-refractivity contribution < 1.29 is 9.59 Å². The number of carbonyl (C=O) groups excluding carboxylic acids is 2. The maximum Gasteiger partial charge on any atom is 0.283 e. The largest absolute Gasteiger partial charge is 0.350 e. The molecular formula is C28H27ClN2O2S. The zero-order chi connectivity index (χ0) is 24.2. The number of nitrogens with zero attached hydrogens (tertiary/aromatic N) is 1. The van der Waals surface area contributed by atoms with Crippen molar-refractivity contribution in [1.82, 2.24) is 0 Å². The van der Waals surface area contributed by atoms with Crippen LogP contribution in [-0.2, 0) is 16.0 Å². The summed E-state index contributed by atoms with van der Waals surface area (Å²) in [6.07, 6.45) is 3.20. The minimum absolute atomic E-state index is 0.255. The zero-order valence-corrected chi connectivity index (χ0v) is 21.1. The molecule has 3 aromatic rings. The Hall–Kier alpha value is -3.02. The number of nitrogens with one attached hydrogen (secondary N) is 1. The molecule has 1 aliphatic heterocycles. The Bertz CT molecular complexity index is 1250. The van der Waals surface area contributed by atoms with Gasteiger partial charge in [-0.2, -0.15) is 0 Å². The van der Waals surface area contributed by atoms with Crippen LogP contribution in [0.2, 0.25) is 5.02 Å². The molecule has 0 saturated carbocycles. The highest BCUT2D eigenvalue weighted by atomic mass is 35.5. The fraction of sp³-hybridized carbons (Fsp3) is 0.214. The lowest BCUT2D eigenvalue weighted by atomic mass is 10.1. The highest BCUT2D eigenvalue weighted by Gasteiger charge is 2.40. The number of anilines is 2. The van der Waals surface area contributed by atoms with E-state index >= 15 is 0 Å². The van der Waals surface area contributed by atoms with Crippen molar-refractivity contribution in [3.05, 3.63) is 99.0 Å². The summed E-state index contributed by atoms with van der Waals surface area (Å²) in [5.41, 5.74) is 4.74. The Morgan fingerprint density at radius 2 is 1.62 bits per heavy atom. The number of amides is 2. The molecule has 2 amide bonds. The molecule has 4 rings (SSSR count). The molecule has 34 heavy (non-hydrogen) atoms. The van der Waals surface area contributed by atoms with Crippen molar-refractivity contribution in [3.63, 3.8) is 0 Å². The van der Waals surface area contributed by atoms with Crippen LogP contribution in [0.1, 0.15) is 36.5 Å². The fourth-order valence-electron chi connectivity index (χ4n) is 3.68. The molecule has 0 aromatic heterocycles. The van der Waals surface area contributed by atoms with Crippen LogP contribution in [-0.4, -0.2) is 11.8 Å². The third-order valence-corrected chi connectivity index (χ3v) is 7.23. The van der Waals surface area contributed by atoms with Crippen molar-refractivity contribution in [1.29, 1.82) is 0 Å². The molecule has 1 N–H and O–H groups in total. The SMILES string of the molecule is CCCCc1ccc(N2C(=O)C(Nc3ccc(C)c(Cl)c3)=C(Sc3ccc(C)cc3)C2=O)cc1. The molecule has 0 atom stereocenters. The quantitative estimate of drug-likeness (QED) is 0.337. The molecule has 1 aliphatic rings. The van der Waals surface area contributed by atoms with E-state index in [1.165, 1.54) is 22.2 Å². The zero-order valence-electron chi connectivity index (χ0n) is 19.5. The van der Waals surface area contributed by atoms with Crippen LogP contribution in [0.25, 0.3) is 0 Å². The number of carbonyl (C=O) groups is 2. The minimum atomic E-state index is -0.377. The maximum absolute atomic E-state index is 13.5. The lowest BCUT2D eigenvalue weighted by molar-refractivity contribution is -0.120. The predicted molar refractivity (Wildman–Crippen MR) is 141 cm³/mol. The summed E-state index contributed by atoms with van der Waals surface area (Å²) in [6, 6.07) is 21.1. The number of benzene rings is 3. The van der Waals surface area contributed by atoms with Crippen LogP contribution >= 0.6 is 23.4 Å². The van der Waals surface area contributed by atoms with E-state index in [0.717, 1.165) is 35.3 Å². The summed E-state index contributed by atoms with van der Waals surface area (Å²) in [5.74, 6) is -0.713. The summed E-state index contributed by atoms with van der Waals surface area (Å²) in [5, 5.41) is 3.76. The van der Waals surface area contributed by atoms with E-state index < -0.39 is 0 Å². The molecule has 3 aromatic carbocycles. The highest BCUT2D eigenvalue weighted by molar-refractivity contribution is 8.04. The van der Waals surface area contributed by atoms with Crippen molar-refractivity contribution in [2.24, 2.45) is 0 Å². The average Bonchev–Trinajstić information content (AvgIpc) is 3.05. The van der Waals surface area contributed by atoms with Gasteiger partial charge in [0.15, 0.2) is 0 Å². The molecule has 0 bridgehead atoms. The first-order valence-electron chi connectivity index (χ1n) is 11.4. The average molecular weight is 491 g/mol. The maximum atomic E-state index is 13.5. The van der Waals surface area contributed by atoms with E-state index in [0.29, 0.717) is 21.3 Å². The first-order valence-corrected chi connectivity index (χ1v) is 12.6. The van der Waals surface area contributed by atoms with E-state index in [1.54, 1.807) is 6.07 Å². The molecule has 0 spiro atoms. The monoisotopic (exact) mass is 490 g/mol. The third kappa shape index (κ3) is 5.21. The van der Waals surface area contributed by atoms with E-state index in [-0.39, 0.29) is 17.5 Å². The number of hydrogen-bond donors (Lipinski definition) is 1. The number of thioether (sulfide) groups is 1. The van der Waals surface area contributed by atoms with Gasteiger partial charge >= 0.3 is 0 Å². The lowest BCUT2D eigenvalue weighted by Crippen LogP contribution is -2.32. The lowest BCUT2D eigenvalue weighted by Gasteiger charge is -2.16. The summed E-state index contributed by atoms with van der Waals surface area (Å²) >= 11 is 7.59. The molecule has 0 saturated heterocycles. The van der Waals surface area contributed by atoms with E-state index in [1.807, 2.05) is 74.5 Å². The van der Waals surface area contributed by atoms with Crippen molar-refractivity contribution in [2.75, 3.05) is 10.2 Å². The number of rotatable bonds is 8. The first kappa shape index (κ1) is 24.1. The van der Waals surface area contributed by atoms with Gasteiger partial charge in [-0.05, 0) is 74.2 Å². The van der Waals surface area contributed by atoms with Crippen LogP contribution in [0.3, 0.4) is 0 Å². The van der Waals surface area contributed by atoms with Crippen LogP contribution in [0.4, 0.5) is 11.4 Å². The molecule has 0 aliphatic carbocycles. The van der Waals surface area contributed by atoms with Crippen LogP contribution < -0.4 is 10.2 Å². The topological polar surface area (TPSA) is 49.4 Å². The van der Waals surface area contributed by atoms with Gasteiger partial charge in [-0.1, -0.05) is 72.6 Å². The summed E-state index contributed by atoms with van der Waals surface area (Å²) in [4.78, 5) is 29.5. The molecule has 0 fully saturated rings. The molecule has 174 valence electrons. The number of aryl methyl sites for hydroxylation is 3. The van der Waals surface area contributed by atoms with Crippen molar-refractivity contribution >= 4 is 46.6 Å². The summed E-state index contributed by atoms with van der Waals surface area (Å²) in [7, 11) is 0. The summed E-state index contributed by atoms with van der Waals surface area (Å²) < 4.78 is 0. The smallest absolute Gasteiger partial charge is 0.283 e. The number of unbranched alkanes of at least 4 members (excludes halogenated alkanes) is 1. The van der Waals surface area contributed by atoms with Crippen LogP contribution in [0.15, 0.2) is 82.2 Å². The van der Waals surface area contributed by atoms with Gasteiger partial charge in [0.25, 0.3) is 11.8 Å². The van der Waals surface area contributed by atoms with Crippen LogP contribution in [0.5, 0.6) is 0 Å². The van der Waals surface area contributed by atoms with Crippen molar-refractivity contribution in [2.45, 2.75) is 44.9 Å². The molecule has 0 radical (unpaired) electrons. The number of imide groups is 1. The second kappa shape index (κ2) is 10.5. The number of hydrogen-bond acceptors (Lipinski definition) is 4. The number of halogens is 1. The van der Waals surface area contributed by atoms with Gasteiger partial charge in [0.2, 0.25) is 0 Å². The van der Waals surface area contributed by atoms with Crippen LogP contribution in [0, 0.1) is 13.8 Å². The Morgan fingerprint density at radius 3 is 2.26 bits per heavy atom. The van der Waals surface area contributed by atoms with E-state index in [9.17, 15) is 9.59 Å². The molecule has 0 unspecified atom stereocenters. The molecule has 1 heterocycles. The van der Waals surface area contributed by atoms with Gasteiger partial charge in [0, 0.05) is 15.6 Å². The predicted octanol–water partition coefficient (Wildman–Crippen LogP) is 7.29. The molecule has 4 nitrogen and oxygen atoms in total. The molecular weight excluding hydrogens is 464 g/mol. The fourth-order valence-corrected chi connectivity index (χ4v) is 4.79. The van der Waals surface area contributed by atoms with Gasteiger partial charge in [-0.3, -0.25) is 9.59 Å². The normalized spacial score (nSPS) is 13.7. The minimum Gasteiger partial charge on any atom is -0.350 e. The van der Waals surface area contributed by atoms with Gasteiger partial charge < -0.3 is 5.32 Å². The van der Waals surface area contributed by atoms with Gasteiger partial charge in [0.1, 0.15) is 10.6 Å². The summed E-state index contributed by atoms with van der Waals surface area (Å²) in [6.45, 7) is 6.09. The Balaban J connectivity index is 1.68. The second-order valence-electron chi connectivity index (χ2n) is 8.42. The van der Waals surface area contributed by atoms with E-state index in [2.05, 4.69) is 12.2 Å². The van der Waals surface area contributed by atoms with Gasteiger partial charge in [0.05, 0.1) is 5.69 Å². The Morgan fingerprint density at radius 1 is 0.912 bits per heavy atom. The Labute approximate surface area is 210 Å². The first-order chi connectivity index (χ1) is 16.4. The van der Waals surface area contributed by atoms with E-state index in [4.69, 9.17) is 11.6 Å². The van der Waals surface area contributed by atoms with Gasteiger partial charge in [-0.15, -0.1) is 0 Å². The molecule has 6 heteroatoms. The second-order valence-corrected chi connectivity index (χ2v) is 9.91. The third-order valence-electron chi connectivity index (χ3n) is 5.74. The van der Waals surface area contributed by atoms with Crippen molar-refractivity contribution in [3.8, 4) is 0 Å². The standard InChI is InChI=1S/C28H27ClN2O2S/c1-4-5-6-20-10-13-22(14-11-20)31-27(32)25(30-21-12-9-19(3)24(29)17-21)26(28(31)33)34-23-15-7-18(2)8-16-23/h7-17,30H,4-6H2,1-3H3.